The number of rotatable bonds is 5. The second-order valence-corrected chi connectivity index (χ2v) is 7.40. The molecule has 1 fully saturated rings. The maximum absolute atomic E-state index is 11.9. The SMILES string of the molecule is CNC(=O)NC(=O)CN(Cc1ccco1)C1CCS(=O)(=O)C1. The molecule has 8 nitrogen and oxygen atoms in total. The molecule has 1 saturated heterocycles. The van der Waals surface area contributed by atoms with Gasteiger partial charge in [0.1, 0.15) is 5.76 Å². The van der Waals surface area contributed by atoms with E-state index >= 15 is 0 Å². The Kier molecular flexibility index (Phi) is 5.19. The van der Waals surface area contributed by atoms with E-state index in [2.05, 4.69) is 10.6 Å². The maximum Gasteiger partial charge on any atom is 0.321 e. The lowest BCUT2D eigenvalue weighted by Crippen LogP contribution is -2.46. The average molecular weight is 329 g/mol. The van der Waals surface area contributed by atoms with Gasteiger partial charge in [-0.2, -0.15) is 0 Å². The summed E-state index contributed by atoms with van der Waals surface area (Å²) in [5.41, 5.74) is 0. The summed E-state index contributed by atoms with van der Waals surface area (Å²) in [5.74, 6) is 0.275. The Morgan fingerprint density at radius 1 is 1.45 bits per heavy atom. The van der Waals surface area contributed by atoms with Crippen molar-refractivity contribution >= 4 is 21.8 Å². The monoisotopic (exact) mass is 329 g/mol. The Bertz CT molecular complexity index is 626. The number of hydrogen-bond acceptors (Lipinski definition) is 6. The second kappa shape index (κ2) is 6.93. The summed E-state index contributed by atoms with van der Waals surface area (Å²) in [6.07, 6.45) is 1.99. The number of hydrogen-bond donors (Lipinski definition) is 2. The third-order valence-electron chi connectivity index (χ3n) is 3.49. The van der Waals surface area contributed by atoms with Crippen LogP contribution in [0.25, 0.3) is 0 Å². The minimum absolute atomic E-state index is 0.0148. The van der Waals surface area contributed by atoms with Gasteiger partial charge in [0.15, 0.2) is 9.84 Å². The van der Waals surface area contributed by atoms with E-state index in [1.54, 1.807) is 17.0 Å². The number of nitrogens with zero attached hydrogens (tertiary/aromatic N) is 1. The van der Waals surface area contributed by atoms with Gasteiger partial charge in [0.2, 0.25) is 5.91 Å². The van der Waals surface area contributed by atoms with Gasteiger partial charge < -0.3 is 9.73 Å². The summed E-state index contributed by atoms with van der Waals surface area (Å²) in [4.78, 5) is 24.8. The lowest BCUT2D eigenvalue weighted by Gasteiger charge is -2.26. The van der Waals surface area contributed by atoms with Gasteiger partial charge in [-0.25, -0.2) is 13.2 Å². The normalized spacial score (nSPS) is 20.0. The summed E-state index contributed by atoms with van der Waals surface area (Å²) >= 11 is 0. The van der Waals surface area contributed by atoms with Crippen molar-refractivity contribution in [3.8, 4) is 0 Å². The van der Waals surface area contributed by atoms with Crippen LogP contribution in [0, 0.1) is 0 Å². The van der Waals surface area contributed by atoms with E-state index in [1.165, 1.54) is 13.3 Å². The van der Waals surface area contributed by atoms with Gasteiger partial charge in [-0.05, 0) is 18.6 Å². The van der Waals surface area contributed by atoms with Crippen LogP contribution in [0.1, 0.15) is 12.2 Å². The average Bonchev–Trinajstić information content (AvgIpc) is 3.07. The van der Waals surface area contributed by atoms with E-state index in [1.807, 2.05) is 0 Å². The van der Waals surface area contributed by atoms with Crippen molar-refractivity contribution in [1.82, 2.24) is 15.5 Å². The zero-order valence-corrected chi connectivity index (χ0v) is 13.1. The number of carbonyl (C=O) groups excluding carboxylic acids is 2. The summed E-state index contributed by atoms with van der Waals surface area (Å²) in [6, 6.07) is 2.63. The molecule has 1 aromatic heterocycles. The standard InChI is InChI=1S/C13H19N3O5S/c1-14-13(18)15-12(17)8-16(7-11-3-2-5-21-11)10-4-6-22(19,20)9-10/h2-3,5,10H,4,6-9H2,1H3,(H2,14,15,17,18). The third kappa shape index (κ3) is 4.57. The van der Waals surface area contributed by atoms with Crippen molar-refractivity contribution in [2.24, 2.45) is 0 Å². The van der Waals surface area contributed by atoms with Crippen LogP contribution < -0.4 is 10.6 Å². The molecule has 1 unspecified atom stereocenters. The molecule has 1 aliphatic heterocycles. The highest BCUT2D eigenvalue weighted by Crippen LogP contribution is 2.20. The van der Waals surface area contributed by atoms with E-state index in [9.17, 15) is 18.0 Å². The molecule has 0 aliphatic carbocycles. The molecule has 122 valence electrons. The number of sulfone groups is 1. The van der Waals surface area contributed by atoms with Gasteiger partial charge in [0.25, 0.3) is 0 Å². The molecule has 3 amide bonds. The topological polar surface area (TPSA) is 109 Å². The Labute approximate surface area is 128 Å². The van der Waals surface area contributed by atoms with E-state index in [4.69, 9.17) is 4.42 Å². The van der Waals surface area contributed by atoms with E-state index in [0.717, 1.165) is 0 Å². The van der Waals surface area contributed by atoms with Crippen LogP contribution in [0.3, 0.4) is 0 Å². The smallest absolute Gasteiger partial charge is 0.321 e. The molecule has 0 radical (unpaired) electrons. The van der Waals surface area contributed by atoms with Crippen LogP contribution in [0.4, 0.5) is 4.79 Å². The molecule has 1 aliphatic rings. The van der Waals surface area contributed by atoms with Crippen molar-refractivity contribution in [1.29, 1.82) is 0 Å². The lowest BCUT2D eigenvalue weighted by atomic mass is 10.2. The Balaban J connectivity index is 2.04. The first-order valence-electron chi connectivity index (χ1n) is 6.88. The number of amides is 3. The zero-order valence-electron chi connectivity index (χ0n) is 12.2. The number of urea groups is 1. The maximum atomic E-state index is 11.9. The van der Waals surface area contributed by atoms with Crippen LogP contribution in [-0.2, 0) is 21.2 Å². The predicted molar refractivity (Wildman–Crippen MR) is 78.8 cm³/mol. The van der Waals surface area contributed by atoms with Crippen LogP contribution in [0.5, 0.6) is 0 Å². The highest BCUT2D eigenvalue weighted by molar-refractivity contribution is 7.91. The van der Waals surface area contributed by atoms with Crippen molar-refractivity contribution in [3.63, 3.8) is 0 Å². The van der Waals surface area contributed by atoms with Crippen LogP contribution in [0.15, 0.2) is 22.8 Å². The minimum Gasteiger partial charge on any atom is -0.468 e. The largest absolute Gasteiger partial charge is 0.468 e. The van der Waals surface area contributed by atoms with Crippen LogP contribution in [-0.4, -0.2) is 56.4 Å². The highest BCUT2D eigenvalue weighted by atomic mass is 32.2. The molecule has 1 atom stereocenters. The van der Waals surface area contributed by atoms with Gasteiger partial charge in [0, 0.05) is 13.1 Å². The Morgan fingerprint density at radius 3 is 2.77 bits per heavy atom. The van der Waals surface area contributed by atoms with E-state index < -0.39 is 21.8 Å². The fourth-order valence-electron chi connectivity index (χ4n) is 2.39. The fourth-order valence-corrected chi connectivity index (χ4v) is 4.15. The van der Waals surface area contributed by atoms with Crippen molar-refractivity contribution in [2.75, 3.05) is 25.1 Å². The minimum atomic E-state index is -3.07. The summed E-state index contributed by atoms with van der Waals surface area (Å²) in [6.45, 7) is 0.239. The molecule has 2 N–H and O–H groups in total. The van der Waals surface area contributed by atoms with Crippen molar-refractivity contribution in [3.05, 3.63) is 24.2 Å². The Hall–Kier alpha value is -1.87. The molecular weight excluding hydrogens is 310 g/mol. The number of carbonyl (C=O) groups is 2. The first-order chi connectivity index (χ1) is 10.4. The Morgan fingerprint density at radius 2 is 2.23 bits per heavy atom. The third-order valence-corrected chi connectivity index (χ3v) is 5.24. The van der Waals surface area contributed by atoms with Crippen molar-refractivity contribution < 1.29 is 22.4 Å². The van der Waals surface area contributed by atoms with Crippen LogP contribution >= 0.6 is 0 Å². The predicted octanol–water partition coefficient (Wildman–Crippen LogP) is -0.276. The molecule has 22 heavy (non-hydrogen) atoms. The summed E-state index contributed by atoms with van der Waals surface area (Å²) in [5, 5.41) is 4.47. The summed E-state index contributed by atoms with van der Waals surface area (Å²) in [7, 11) is -1.66. The number of imide groups is 1. The highest BCUT2D eigenvalue weighted by Gasteiger charge is 2.33. The molecule has 0 bridgehead atoms. The number of nitrogens with one attached hydrogen (secondary N) is 2. The molecule has 2 rings (SSSR count). The molecule has 0 spiro atoms. The molecule has 1 aromatic rings. The fraction of sp³-hybridized carbons (Fsp3) is 0.538. The second-order valence-electron chi connectivity index (χ2n) is 5.17. The van der Waals surface area contributed by atoms with E-state index in [0.29, 0.717) is 18.7 Å². The summed E-state index contributed by atoms with van der Waals surface area (Å²) < 4.78 is 28.5. The zero-order chi connectivity index (χ0) is 16.2. The molecule has 2 heterocycles. The molecule has 0 saturated carbocycles. The first-order valence-corrected chi connectivity index (χ1v) is 8.70. The van der Waals surface area contributed by atoms with Gasteiger partial charge in [0.05, 0.1) is 30.9 Å². The molecule has 0 aromatic carbocycles. The van der Waals surface area contributed by atoms with Crippen molar-refractivity contribution in [2.45, 2.75) is 19.0 Å². The van der Waals surface area contributed by atoms with Gasteiger partial charge >= 0.3 is 6.03 Å². The van der Waals surface area contributed by atoms with Gasteiger partial charge in [-0.3, -0.25) is 15.0 Å². The van der Waals surface area contributed by atoms with Crippen LogP contribution in [0.2, 0.25) is 0 Å². The lowest BCUT2D eigenvalue weighted by molar-refractivity contribution is -0.121. The molecule has 9 heteroatoms. The number of furan rings is 1. The first kappa shape index (κ1) is 16.5. The molecular formula is C13H19N3O5S. The van der Waals surface area contributed by atoms with Gasteiger partial charge in [-0.15, -0.1) is 0 Å². The quantitative estimate of drug-likeness (QED) is 0.769. The van der Waals surface area contributed by atoms with Gasteiger partial charge in [-0.1, -0.05) is 0 Å². The van der Waals surface area contributed by atoms with E-state index in [-0.39, 0.29) is 24.1 Å².